The average Bonchev–Trinajstić information content (AvgIpc) is 1.06. The quantitative estimate of drug-likeness (QED) is 0.0222. The van der Waals surface area contributed by atoms with E-state index >= 15 is 0 Å². The van der Waals surface area contributed by atoms with Crippen LogP contribution in [0.4, 0.5) is 0 Å². The molecule has 0 saturated heterocycles. The van der Waals surface area contributed by atoms with Gasteiger partial charge in [0.05, 0.1) is 26.4 Å². The second-order valence-electron chi connectivity index (χ2n) is 29.8. The molecule has 0 aliphatic rings. The summed E-state index contributed by atoms with van der Waals surface area (Å²) in [4.78, 5) is 72.9. The Hall–Kier alpha value is -1.94. The molecule has 5 atom stereocenters. The lowest BCUT2D eigenvalue weighted by molar-refractivity contribution is -0.161. The van der Waals surface area contributed by atoms with Crippen molar-refractivity contribution in [2.75, 3.05) is 39.6 Å². The van der Waals surface area contributed by atoms with Gasteiger partial charge in [-0.2, -0.15) is 0 Å². The molecule has 0 bridgehead atoms. The second-order valence-corrected chi connectivity index (χ2v) is 32.7. The highest BCUT2D eigenvalue weighted by Gasteiger charge is 2.30. The van der Waals surface area contributed by atoms with Crippen LogP contribution in [0.1, 0.15) is 420 Å². The SMILES string of the molecule is CCCCCCCCCCCCCCCCCCCC(=O)OC[C@H](COP(=O)(O)OC[C@@H](O)COP(=O)(O)OC[C@@H](COC(=O)CCCCCCCCCCC)OC(=O)CCCCCCCCCCCC(C)C)OC(=O)CCCCCCCCCCCCCCCCCCCCC(C)C. The van der Waals surface area contributed by atoms with Crippen molar-refractivity contribution >= 4 is 39.5 Å². The van der Waals surface area contributed by atoms with Crippen LogP contribution in [0.2, 0.25) is 0 Å². The molecular formula is C80H156O17P2. The number of aliphatic hydroxyl groups excluding tert-OH is 1. The molecular weight excluding hydrogens is 1290 g/mol. The predicted octanol–water partition coefficient (Wildman–Crippen LogP) is 23.9. The molecule has 0 aliphatic carbocycles. The van der Waals surface area contributed by atoms with Gasteiger partial charge in [-0.05, 0) is 37.5 Å². The van der Waals surface area contributed by atoms with Gasteiger partial charge in [0.2, 0.25) is 0 Å². The molecule has 0 aromatic heterocycles. The topological polar surface area (TPSA) is 237 Å². The molecule has 588 valence electrons. The van der Waals surface area contributed by atoms with E-state index in [4.69, 9.17) is 37.0 Å². The Morgan fingerprint density at radius 3 is 0.687 bits per heavy atom. The molecule has 0 aromatic carbocycles. The standard InChI is InChI=1S/C80H156O17P2/c1-7-9-11-13-15-17-18-19-20-23-27-30-33-39-45-51-57-63-78(83)91-69-76(96-79(84)64-58-52-46-40-34-31-28-25-22-21-24-26-29-32-37-42-48-54-60-72(3)4)71-95-99(88,89)93-67-74(81)66-92-98(86,87)94-70-75(68-90-77(82)62-56-50-44-36-16-14-12-10-8-2)97-80(85)65-59-53-47-41-35-38-43-49-55-61-73(5)6/h72-76,81H,7-71H2,1-6H3,(H,86,87)(H,88,89)/t74-,75+,76+/m0/s1. The first-order valence-electron chi connectivity index (χ1n) is 41.5. The highest BCUT2D eigenvalue weighted by Crippen LogP contribution is 2.45. The molecule has 0 amide bonds. The van der Waals surface area contributed by atoms with Crippen LogP contribution in [0, 0.1) is 11.8 Å². The highest BCUT2D eigenvalue weighted by molar-refractivity contribution is 7.47. The number of ether oxygens (including phenoxy) is 4. The van der Waals surface area contributed by atoms with E-state index in [1.54, 1.807) is 0 Å². The number of rotatable bonds is 79. The van der Waals surface area contributed by atoms with Gasteiger partial charge in [-0.25, -0.2) is 9.13 Å². The predicted molar refractivity (Wildman–Crippen MR) is 405 cm³/mol. The fraction of sp³-hybridized carbons (Fsp3) is 0.950. The van der Waals surface area contributed by atoms with Crippen molar-refractivity contribution in [1.82, 2.24) is 0 Å². The molecule has 0 saturated carbocycles. The van der Waals surface area contributed by atoms with Crippen molar-refractivity contribution < 1.29 is 80.2 Å². The number of aliphatic hydroxyl groups is 1. The first-order valence-corrected chi connectivity index (χ1v) is 44.5. The summed E-state index contributed by atoms with van der Waals surface area (Å²) in [6, 6.07) is 0. The maximum absolute atomic E-state index is 13.1. The molecule has 0 spiro atoms. The van der Waals surface area contributed by atoms with E-state index in [-0.39, 0.29) is 25.7 Å². The summed E-state index contributed by atoms with van der Waals surface area (Å²) >= 11 is 0. The highest BCUT2D eigenvalue weighted by atomic mass is 31.2. The maximum Gasteiger partial charge on any atom is 0.472 e. The molecule has 19 heteroatoms. The third kappa shape index (κ3) is 74.1. The zero-order chi connectivity index (χ0) is 72.8. The molecule has 99 heavy (non-hydrogen) atoms. The van der Waals surface area contributed by atoms with Crippen molar-refractivity contribution in [2.45, 2.75) is 439 Å². The summed E-state index contributed by atoms with van der Waals surface area (Å²) in [5, 5.41) is 10.6. The van der Waals surface area contributed by atoms with Crippen molar-refractivity contribution in [3.63, 3.8) is 0 Å². The summed E-state index contributed by atoms with van der Waals surface area (Å²) < 4.78 is 68.6. The minimum atomic E-state index is -4.96. The van der Waals surface area contributed by atoms with Crippen molar-refractivity contribution in [3.8, 4) is 0 Å². The summed E-state index contributed by atoms with van der Waals surface area (Å²) in [5.74, 6) is -0.555. The number of phosphoric acid groups is 2. The number of phosphoric ester groups is 2. The lowest BCUT2D eigenvalue weighted by Crippen LogP contribution is -2.30. The van der Waals surface area contributed by atoms with Crippen LogP contribution in [-0.4, -0.2) is 96.7 Å². The first-order chi connectivity index (χ1) is 47.9. The van der Waals surface area contributed by atoms with E-state index in [0.29, 0.717) is 25.7 Å². The Labute approximate surface area is 607 Å². The Kier molecular flexibility index (Phi) is 70.3. The van der Waals surface area contributed by atoms with E-state index in [0.717, 1.165) is 102 Å². The molecule has 0 aliphatic heterocycles. The maximum atomic E-state index is 13.1. The van der Waals surface area contributed by atoms with Crippen molar-refractivity contribution in [3.05, 3.63) is 0 Å². The Morgan fingerprint density at radius 2 is 0.465 bits per heavy atom. The fourth-order valence-corrected chi connectivity index (χ4v) is 13.9. The third-order valence-corrected chi connectivity index (χ3v) is 20.6. The fourth-order valence-electron chi connectivity index (χ4n) is 12.4. The van der Waals surface area contributed by atoms with Crippen LogP contribution in [0.5, 0.6) is 0 Å². The molecule has 0 rings (SSSR count). The molecule has 3 N–H and O–H groups in total. The van der Waals surface area contributed by atoms with Gasteiger partial charge in [0.25, 0.3) is 0 Å². The smallest absolute Gasteiger partial charge is 0.462 e. The molecule has 0 aromatic rings. The lowest BCUT2D eigenvalue weighted by Gasteiger charge is -2.21. The van der Waals surface area contributed by atoms with E-state index in [2.05, 4.69) is 41.5 Å². The third-order valence-electron chi connectivity index (χ3n) is 18.7. The van der Waals surface area contributed by atoms with E-state index in [1.807, 2.05) is 0 Å². The van der Waals surface area contributed by atoms with Crippen molar-refractivity contribution in [1.29, 1.82) is 0 Å². The van der Waals surface area contributed by atoms with Crippen LogP contribution in [0.3, 0.4) is 0 Å². The van der Waals surface area contributed by atoms with E-state index in [9.17, 15) is 43.2 Å². The van der Waals surface area contributed by atoms with Crippen LogP contribution in [0.15, 0.2) is 0 Å². The Bertz CT molecular complexity index is 1910. The number of hydrogen-bond acceptors (Lipinski definition) is 15. The van der Waals surface area contributed by atoms with Gasteiger partial charge in [-0.3, -0.25) is 37.3 Å². The van der Waals surface area contributed by atoms with Gasteiger partial charge < -0.3 is 33.8 Å². The number of esters is 4. The number of carbonyl (C=O) groups excluding carboxylic acids is 4. The van der Waals surface area contributed by atoms with E-state index in [1.165, 1.54) is 238 Å². The van der Waals surface area contributed by atoms with Crippen LogP contribution >= 0.6 is 15.6 Å². The van der Waals surface area contributed by atoms with Gasteiger partial charge in [-0.1, -0.05) is 369 Å². The summed E-state index contributed by atoms with van der Waals surface area (Å²) in [5.41, 5.74) is 0. The minimum absolute atomic E-state index is 0.106. The van der Waals surface area contributed by atoms with E-state index < -0.39 is 97.5 Å². The number of hydrogen-bond donors (Lipinski definition) is 3. The zero-order valence-corrected chi connectivity index (χ0v) is 66.6. The normalized spacial score (nSPS) is 13.9. The monoisotopic (exact) mass is 1450 g/mol. The van der Waals surface area contributed by atoms with Gasteiger partial charge in [0.1, 0.15) is 19.3 Å². The second kappa shape index (κ2) is 71.7. The summed E-state index contributed by atoms with van der Waals surface area (Å²) in [6.07, 6.45) is 61.2. The minimum Gasteiger partial charge on any atom is -0.462 e. The number of carbonyl (C=O) groups is 4. The van der Waals surface area contributed by atoms with Gasteiger partial charge in [-0.15, -0.1) is 0 Å². The molecule has 0 fully saturated rings. The van der Waals surface area contributed by atoms with Crippen LogP contribution in [-0.2, 0) is 65.4 Å². The van der Waals surface area contributed by atoms with Crippen molar-refractivity contribution in [2.24, 2.45) is 11.8 Å². The Balaban J connectivity index is 5.20. The van der Waals surface area contributed by atoms with Gasteiger partial charge in [0, 0.05) is 25.7 Å². The Morgan fingerprint density at radius 1 is 0.273 bits per heavy atom. The van der Waals surface area contributed by atoms with Gasteiger partial charge in [0.15, 0.2) is 12.2 Å². The zero-order valence-electron chi connectivity index (χ0n) is 64.8. The lowest BCUT2D eigenvalue weighted by atomic mass is 10.0. The largest absolute Gasteiger partial charge is 0.472 e. The first kappa shape index (κ1) is 97.1. The average molecular weight is 1450 g/mol. The molecule has 2 unspecified atom stereocenters. The number of unbranched alkanes of at least 4 members (excludes halogenated alkanes) is 49. The van der Waals surface area contributed by atoms with Gasteiger partial charge >= 0.3 is 39.5 Å². The molecule has 0 radical (unpaired) electrons. The molecule has 17 nitrogen and oxygen atoms in total. The summed E-state index contributed by atoms with van der Waals surface area (Å²) in [6.45, 7) is 9.62. The van der Waals surface area contributed by atoms with Crippen LogP contribution < -0.4 is 0 Å². The van der Waals surface area contributed by atoms with Crippen LogP contribution in [0.25, 0.3) is 0 Å². The summed E-state index contributed by atoms with van der Waals surface area (Å²) in [7, 11) is -9.91. The molecule has 0 heterocycles.